The van der Waals surface area contributed by atoms with Crippen molar-refractivity contribution < 1.29 is 0 Å². The molecule has 3 heteroatoms. The molecule has 0 aliphatic carbocycles. The summed E-state index contributed by atoms with van der Waals surface area (Å²) in [5.41, 5.74) is 1.15. The summed E-state index contributed by atoms with van der Waals surface area (Å²) < 4.78 is 0.954. The van der Waals surface area contributed by atoms with E-state index in [0.29, 0.717) is 0 Å². The van der Waals surface area contributed by atoms with E-state index < -0.39 is 0 Å². The smallest absolute Gasteiger partial charge is 0.119 e. The lowest BCUT2D eigenvalue weighted by Gasteiger charge is -2.16. The molecule has 0 amide bonds. The van der Waals surface area contributed by atoms with Crippen LogP contribution in [0.1, 0.15) is 26.5 Å². The van der Waals surface area contributed by atoms with E-state index in [2.05, 4.69) is 53.3 Å². The number of hydrogen-bond donors (Lipinski definition) is 0. The van der Waals surface area contributed by atoms with Crippen molar-refractivity contribution in [1.82, 2.24) is 9.97 Å². The predicted molar refractivity (Wildman–Crippen MR) is 53.4 cm³/mol. The van der Waals surface area contributed by atoms with Crippen LogP contribution in [0.25, 0.3) is 0 Å². The summed E-state index contributed by atoms with van der Waals surface area (Å²) in [4.78, 5) is 8.45. The molecule has 0 aromatic carbocycles. The van der Waals surface area contributed by atoms with Gasteiger partial charge in [0.05, 0.1) is 11.9 Å². The third-order valence-corrected chi connectivity index (χ3v) is 1.89. The van der Waals surface area contributed by atoms with Crippen molar-refractivity contribution in [2.24, 2.45) is 0 Å². The Morgan fingerprint density at radius 3 is 2.27 bits per heavy atom. The van der Waals surface area contributed by atoms with Crippen LogP contribution in [0.3, 0.4) is 0 Å². The third-order valence-electron chi connectivity index (χ3n) is 1.37. The lowest BCUT2D eigenvalue weighted by molar-refractivity contribution is 0.563. The Hall–Kier alpha value is -0.190. The minimum Gasteiger partial charge on any atom is -0.260 e. The zero-order valence-electron chi connectivity index (χ0n) is 6.93. The van der Waals surface area contributed by atoms with Crippen molar-refractivity contribution in [3.8, 4) is 0 Å². The minimum atomic E-state index is 0.105. The highest BCUT2D eigenvalue weighted by Crippen LogP contribution is 2.18. The van der Waals surface area contributed by atoms with Crippen LogP contribution in [0, 0.1) is 3.70 Å². The van der Waals surface area contributed by atoms with Crippen LogP contribution in [0.4, 0.5) is 0 Å². The Balaban J connectivity index is 3.06. The second kappa shape index (κ2) is 3.05. The molecule has 11 heavy (non-hydrogen) atoms. The molecule has 0 saturated carbocycles. The zero-order valence-corrected chi connectivity index (χ0v) is 9.08. The fourth-order valence-electron chi connectivity index (χ4n) is 0.704. The van der Waals surface area contributed by atoms with Crippen LogP contribution in [0.15, 0.2) is 12.4 Å². The molecule has 0 aliphatic rings. The number of nitrogens with zero attached hydrogens (tertiary/aromatic N) is 2. The van der Waals surface area contributed by atoms with Gasteiger partial charge in [0.15, 0.2) is 0 Å². The Morgan fingerprint density at radius 2 is 1.91 bits per heavy atom. The molecule has 0 N–H and O–H groups in total. The molecule has 0 atom stereocenters. The first kappa shape index (κ1) is 8.90. The second-order valence-corrected chi connectivity index (χ2v) is 4.58. The van der Waals surface area contributed by atoms with E-state index in [4.69, 9.17) is 0 Å². The highest BCUT2D eigenvalue weighted by Gasteiger charge is 2.15. The van der Waals surface area contributed by atoms with Gasteiger partial charge < -0.3 is 0 Å². The maximum Gasteiger partial charge on any atom is 0.119 e. The summed E-state index contributed by atoms with van der Waals surface area (Å²) in [6.45, 7) is 6.40. The summed E-state index contributed by atoms with van der Waals surface area (Å²) in [6, 6.07) is 0. The molecule has 0 radical (unpaired) electrons. The van der Waals surface area contributed by atoms with Gasteiger partial charge in [0.2, 0.25) is 0 Å². The average molecular weight is 262 g/mol. The summed E-state index contributed by atoms with van der Waals surface area (Å²) in [5, 5.41) is 0. The van der Waals surface area contributed by atoms with Crippen LogP contribution in [-0.2, 0) is 5.41 Å². The maximum absolute atomic E-state index is 4.37. The van der Waals surface area contributed by atoms with E-state index in [0.717, 1.165) is 9.39 Å². The normalized spacial score (nSPS) is 11.6. The highest BCUT2D eigenvalue weighted by molar-refractivity contribution is 14.1. The topological polar surface area (TPSA) is 25.8 Å². The quantitative estimate of drug-likeness (QED) is 0.671. The van der Waals surface area contributed by atoms with E-state index >= 15 is 0 Å². The van der Waals surface area contributed by atoms with Crippen LogP contribution >= 0.6 is 22.6 Å². The number of rotatable bonds is 0. The Labute approximate surface area is 80.6 Å². The molecule has 1 heterocycles. The standard InChI is InChI=1S/C8H11IN2/c1-8(2,3)6-4-10-5-7(9)11-6/h4-5H,1-3H3. The molecular formula is C8H11IN2. The predicted octanol–water partition coefficient (Wildman–Crippen LogP) is 2.38. The van der Waals surface area contributed by atoms with Gasteiger partial charge in [-0.05, 0) is 22.6 Å². The fraction of sp³-hybridized carbons (Fsp3) is 0.500. The maximum atomic E-state index is 4.37. The van der Waals surface area contributed by atoms with Crippen molar-refractivity contribution in [3.63, 3.8) is 0 Å². The average Bonchev–Trinajstić information content (AvgIpc) is 1.86. The molecule has 0 bridgehead atoms. The lowest BCUT2D eigenvalue weighted by atomic mass is 9.93. The molecule has 1 aromatic heterocycles. The molecule has 2 nitrogen and oxygen atoms in total. The molecule has 0 saturated heterocycles. The van der Waals surface area contributed by atoms with Crippen molar-refractivity contribution in [2.45, 2.75) is 26.2 Å². The minimum absolute atomic E-state index is 0.105. The molecule has 0 spiro atoms. The first-order chi connectivity index (χ1) is 5.00. The lowest BCUT2D eigenvalue weighted by Crippen LogP contribution is -2.14. The molecule has 60 valence electrons. The monoisotopic (exact) mass is 262 g/mol. The fourth-order valence-corrected chi connectivity index (χ4v) is 1.12. The largest absolute Gasteiger partial charge is 0.260 e. The highest BCUT2D eigenvalue weighted by atomic mass is 127. The zero-order chi connectivity index (χ0) is 8.48. The Morgan fingerprint density at radius 1 is 1.27 bits per heavy atom. The summed E-state index contributed by atoms with van der Waals surface area (Å²) in [5.74, 6) is 0. The summed E-state index contributed by atoms with van der Waals surface area (Å²) in [7, 11) is 0. The molecule has 1 aromatic rings. The number of halogens is 1. The number of aromatic nitrogens is 2. The van der Waals surface area contributed by atoms with E-state index in [-0.39, 0.29) is 5.41 Å². The number of hydrogen-bond acceptors (Lipinski definition) is 2. The van der Waals surface area contributed by atoms with Gasteiger partial charge in [-0.15, -0.1) is 0 Å². The van der Waals surface area contributed by atoms with Crippen molar-refractivity contribution in [2.75, 3.05) is 0 Å². The first-order valence-electron chi connectivity index (χ1n) is 3.48. The van der Waals surface area contributed by atoms with Crippen molar-refractivity contribution in [1.29, 1.82) is 0 Å². The molecule has 0 aliphatic heterocycles. The summed E-state index contributed by atoms with van der Waals surface area (Å²) >= 11 is 2.17. The second-order valence-electron chi connectivity index (χ2n) is 3.48. The van der Waals surface area contributed by atoms with Crippen LogP contribution < -0.4 is 0 Å². The van der Waals surface area contributed by atoms with Gasteiger partial charge >= 0.3 is 0 Å². The SMILES string of the molecule is CC(C)(C)c1cncc(I)n1. The van der Waals surface area contributed by atoms with Gasteiger partial charge in [0.1, 0.15) is 3.70 Å². The molecule has 0 unspecified atom stereocenters. The van der Waals surface area contributed by atoms with Gasteiger partial charge in [-0.2, -0.15) is 0 Å². The Bertz CT molecular complexity index is 253. The summed E-state index contributed by atoms with van der Waals surface area (Å²) in [6.07, 6.45) is 3.58. The van der Waals surface area contributed by atoms with Gasteiger partial charge in [-0.3, -0.25) is 4.98 Å². The van der Waals surface area contributed by atoms with E-state index in [1.807, 2.05) is 6.20 Å². The van der Waals surface area contributed by atoms with Crippen LogP contribution in [-0.4, -0.2) is 9.97 Å². The van der Waals surface area contributed by atoms with E-state index in [9.17, 15) is 0 Å². The van der Waals surface area contributed by atoms with Gasteiger partial charge in [-0.1, -0.05) is 20.8 Å². The van der Waals surface area contributed by atoms with E-state index in [1.54, 1.807) is 6.20 Å². The van der Waals surface area contributed by atoms with E-state index in [1.165, 1.54) is 0 Å². The van der Waals surface area contributed by atoms with Gasteiger partial charge in [0, 0.05) is 11.6 Å². The molecule has 1 rings (SSSR count). The molecule has 0 fully saturated rings. The molecular weight excluding hydrogens is 251 g/mol. The first-order valence-corrected chi connectivity index (χ1v) is 4.56. The van der Waals surface area contributed by atoms with Crippen molar-refractivity contribution in [3.05, 3.63) is 21.8 Å². The van der Waals surface area contributed by atoms with Crippen LogP contribution in [0.5, 0.6) is 0 Å². The van der Waals surface area contributed by atoms with Crippen LogP contribution in [0.2, 0.25) is 0 Å². The third kappa shape index (κ3) is 2.39. The Kier molecular flexibility index (Phi) is 2.47. The van der Waals surface area contributed by atoms with Gasteiger partial charge in [0.25, 0.3) is 0 Å². The van der Waals surface area contributed by atoms with Crippen molar-refractivity contribution >= 4 is 22.6 Å². The van der Waals surface area contributed by atoms with Gasteiger partial charge in [-0.25, -0.2) is 4.98 Å².